The summed E-state index contributed by atoms with van der Waals surface area (Å²) in [5.41, 5.74) is 8.41. The Morgan fingerprint density at radius 1 is 1.02 bits per heavy atom. The van der Waals surface area contributed by atoms with Crippen LogP contribution in [0.25, 0.3) is 22.2 Å². The van der Waals surface area contributed by atoms with Crippen LogP contribution in [0.3, 0.4) is 0 Å². The van der Waals surface area contributed by atoms with Gasteiger partial charge in [-0.1, -0.05) is 78.3 Å². The van der Waals surface area contributed by atoms with E-state index in [1.807, 2.05) is 63.2 Å². The van der Waals surface area contributed by atoms with Crippen molar-refractivity contribution in [1.82, 2.24) is 18.8 Å². The predicted molar refractivity (Wildman–Crippen MR) is 188 cm³/mol. The number of nitrogens with one attached hydrogen (secondary N) is 1. The Kier molecular flexibility index (Phi) is 9.46. The Morgan fingerprint density at radius 3 is 2.40 bits per heavy atom. The van der Waals surface area contributed by atoms with E-state index in [4.69, 9.17) is 27.1 Å². The molecule has 1 fully saturated rings. The highest BCUT2D eigenvalue weighted by Gasteiger charge is 2.36. The summed E-state index contributed by atoms with van der Waals surface area (Å²) in [7, 11) is -3.91. The van der Waals surface area contributed by atoms with Crippen LogP contribution in [0.15, 0.2) is 102 Å². The van der Waals surface area contributed by atoms with Crippen molar-refractivity contribution in [1.29, 1.82) is 0 Å². The van der Waals surface area contributed by atoms with Gasteiger partial charge in [-0.15, -0.1) is 0 Å². The Labute approximate surface area is 286 Å². The van der Waals surface area contributed by atoms with E-state index in [1.165, 1.54) is 10.2 Å². The fraction of sp³-hybridized carbons (Fsp3) is 0.306. The normalized spacial score (nSPS) is 18.4. The number of nitrogens with two attached hydrogens (primary N) is 1. The van der Waals surface area contributed by atoms with Gasteiger partial charge in [-0.2, -0.15) is 0 Å². The summed E-state index contributed by atoms with van der Waals surface area (Å²) in [6.45, 7) is 5.98. The minimum Gasteiger partial charge on any atom is -0.444 e. The third-order valence-electron chi connectivity index (χ3n) is 8.43. The molecule has 0 aliphatic heterocycles. The lowest BCUT2D eigenvalue weighted by Gasteiger charge is -2.40. The van der Waals surface area contributed by atoms with Gasteiger partial charge < -0.3 is 20.7 Å². The second-order valence-corrected chi connectivity index (χ2v) is 15.3. The fourth-order valence-corrected chi connectivity index (χ4v) is 7.68. The van der Waals surface area contributed by atoms with Crippen LogP contribution in [0.4, 0.5) is 10.7 Å². The second kappa shape index (κ2) is 13.6. The van der Waals surface area contributed by atoms with Crippen molar-refractivity contribution in [3.63, 3.8) is 0 Å². The Bertz CT molecular complexity index is 2020. The zero-order chi connectivity index (χ0) is 34.1. The van der Waals surface area contributed by atoms with E-state index in [-0.39, 0.29) is 34.1 Å². The molecule has 1 saturated carbocycles. The number of amides is 1. The largest absolute Gasteiger partial charge is 0.444 e. The Hall–Kier alpha value is -4.45. The van der Waals surface area contributed by atoms with Crippen LogP contribution in [0.2, 0.25) is 5.02 Å². The molecule has 3 atom stereocenters. The van der Waals surface area contributed by atoms with Gasteiger partial charge in [-0.3, -0.25) is 0 Å². The number of benzene rings is 3. The van der Waals surface area contributed by atoms with E-state index in [2.05, 4.69) is 10.3 Å². The van der Waals surface area contributed by atoms with E-state index in [0.717, 1.165) is 5.56 Å². The van der Waals surface area contributed by atoms with Gasteiger partial charge in [0.15, 0.2) is 0 Å². The average Bonchev–Trinajstić information content (AvgIpc) is 3.46. The number of aromatic nitrogens is 3. The van der Waals surface area contributed by atoms with Gasteiger partial charge in [-0.05, 0) is 63.8 Å². The zero-order valence-electron chi connectivity index (χ0n) is 27.1. The van der Waals surface area contributed by atoms with Crippen molar-refractivity contribution in [3.05, 3.63) is 108 Å². The molecule has 5 aromatic rings. The highest BCUT2D eigenvalue weighted by Crippen LogP contribution is 2.36. The number of rotatable bonds is 8. The number of hydrogen-bond acceptors (Lipinski definition) is 8. The van der Waals surface area contributed by atoms with Crippen LogP contribution in [-0.2, 0) is 21.3 Å². The molecule has 48 heavy (non-hydrogen) atoms. The fourth-order valence-electron chi connectivity index (χ4n) is 6.10. The molecule has 1 aliphatic carbocycles. The minimum atomic E-state index is -3.91. The molecule has 0 saturated heterocycles. The van der Waals surface area contributed by atoms with Crippen LogP contribution >= 0.6 is 11.6 Å². The number of para-hydroxylation sites is 1. The molecule has 0 radical (unpaired) electrons. The standard InChI is InChI=1S/C36H39ClN6O4S/c1-36(2,3)47-35(44)42(22-24-12-6-4-7-13-24)25-18-19-30(38)31(20-25)40-34-39-21-29(37)33(41-34)28-23-43(32-17-11-10-16-27(28)32)48(45,46)26-14-8-5-9-15-26/h4-17,21,23,25,30-31H,18-20,22,38H2,1-3H3,(H,39,40,41)/t25-,30?,31+/m0/s1. The van der Waals surface area contributed by atoms with Gasteiger partial charge in [-0.25, -0.2) is 27.2 Å². The lowest BCUT2D eigenvalue weighted by atomic mass is 9.86. The van der Waals surface area contributed by atoms with Gasteiger partial charge in [0.25, 0.3) is 10.0 Å². The van der Waals surface area contributed by atoms with Gasteiger partial charge in [0.1, 0.15) is 5.60 Å². The van der Waals surface area contributed by atoms with Crippen LogP contribution in [-0.4, -0.2) is 57.1 Å². The third kappa shape index (κ3) is 7.18. The molecular weight excluding hydrogens is 648 g/mol. The van der Waals surface area contributed by atoms with Crippen molar-refractivity contribution in [2.45, 2.75) is 75.2 Å². The molecule has 12 heteroatoms. The number of nitrogens with zero attached hydrogens (tertiary/aromatic N) is 4. The average molecular weight is 687 g/mol. The van der Waals surface area contributed by atoms with Crippen LogP contribution in [0.1, 0.15) is 45.6 Å². The van der Waals surface area contributed by atoms with Gasteiger partial charge in [0, 0.05) is 41.8 Å². The summed E-state index contributed by atoms with van der Waals surface area (Å²) >= 11 is 6.68. The topological polar surface area (TPSA) is 132 Å². The quantitative estimate of drug-likeness (QED) is 0.177. The van der Waals surface area contributed by atoms with Gasteiger partial charge >= 0.3 is 6.09 Å². The van der Waals surface area contributed by atoms with E-state index < -0.39 is 15.6 Å². The minimum absolute atomic E-state index is 0.148. The van der Waals surface area contributed by atoms with Crippen molar-refractivity contribution >= 4 is 44.6 Å². The molecule has 3 aromatic carbocycles. The van der Waals surface area contributed by atoms with E-state index in [0.29, 0.717) is 53.9 Å². The molecule has 3 N–H and O–H groups in total. The van der Waals surface area contributed by atoms with Gasteiger partial charge in [0.05, 0.1) is 27.3 Å². The summed E-state index contributed by atoms with van der Waals surface area (Å²) in [4.78, 5) is 24.7. The molecule has 1 unspecified atom stereocenters. The summed E-state index contributed by atoms with van der Waals surface area (Å²) in [6, 6.07) is 24.7. The highest BCUT2D eigenvalue weighted by atomic mass is 35.5. The highest BCUT2D eigenvalue weighted by molar-refractivity contribution is 7.90. The summed E-state index contributed by atoms with van der Waals surface area (Å²) in [5, 5.41) is 4.35. The number of ether oxygens (including phenoxy) is 1. The summed E-state index contributed by atoms with van der Waals surface area (Å²) in [5.74, 6) is 0.296. The van der Waals surface area contributed by atoms with Gasteiger partial charge in [0.2, 0.25) is 5.95 Å². The first-order valence-electron chi connectivity index (χ1n) is 15.9. The van der Waals surface area contributed by atoms with E-state index in [9.17, 15) is 13.2 Å². The number of hydrogen-bond donors (Lipinski definition) is 2. The molecule has 250 valence electrons. The lowest BCUT2D eigenvalue weighted by molar-refractivity contribution is 0.00868. The SMILES string of the molecule is CC(C)(C)OC(=O)N(Cc1ccccc1)[C@H]1CCC(N)[C@H](Nc2ncc(Cl)c(-c3cn(S(=O)(=O)c4ccccc4)c4ccccc34)n2)C1. The van der Waals surface area contributed by atoms with Crippen LogP contribution in [0.5, 0.6) is 0 Å². The molecule has 10 nitrogen and oxygen atoms in total. The maximum absolute atomic E-state index is 13.7. The molecule has 6 rings (SSSR count). The molecule has 1 aliphatic rings. The molecule has 2 heterocycles. The van der Waals surface area contributed by atoms with Crippen molar-refractivity contribution in [2.24, 2.45) is 5.73 Å². The Morgan fingerprint density at radius 2 is 1.69 bits per heavy atom. The molecule has 1 amide bonds. The monoisotopic (exact) mass is 686 g/mol. The maximum atomic E-state index is 13.7. The van der Waals surface area contributed by atoms with E-state index >= 15 is 0 Å². The first-order chi connectivity index (χ1) is 22.9. The second-order valence-electron chi connectivity index (χ2n) is 13.0. The van der Waals surface area contributed by atoms with Crippen LogP contribution in [0, 0.1) is 0 Å². The summed E-state index contributed by atoms with van der Waals surface area (Å²) < 4.78 is 34.5. The molecule has 0 bridgehead atoms. The zero-order valence-corrected chi connectivity index (χ0v) is 28.7. The first kappa shape index (κ1) is 33.5. The number of halogens is 1. The molecular formula is C36H39ClN6O4S. The molecule has 2 aromatic heterocycles. The Balaban J connectivity index is 1.30. The van der Waals surface area contributed by atoms with Crippen molar-refractivity contribution in [2.75, 3.05) is 5.32 Å². The van der Waals surface area contributed by atoms with Crippen molar-refractivity contribution < 1.29 is 17.9 Å². The van der Waals surface area contributed by atoms with Crippen molar-refractivity contribution in [3.8, 4) is 11.3 Å². The molecule has 0 spiro atoms. The summed E-state index contributed by atoms with van der Waals surface area (Å²) in [6.07, 6.45) is 4.60. The number of anilines is 1. The number of fused-ring (bicyclic) bond motifs is 1. The smallest absolute Gasteiger partial charge is 0.410 e. The predicted octanol–water partition coefficient (Wildman–Crippen LogP) is 7.09. The number of carbonyl (C=O) groups is 1. The number of carbonyl (C=O) groups excluding carboxylic acids is 1. The lowest BCUT2D eigenvalue weighted by Crippen LogP contribution is -2.53. The van der Waals surface area contributed by atoms with E-state index in [1.54, 1.807) is 53.6 Å². The third-order valence-corrected chi connectivity index (χ3v) is 10.4. The van der Waals surface area contributed by atoms with Crippen LogP contribution < -0.4 is 11.1 Å². The first-order valence-corrected chi connectivity index (χ1v) is 17.7. The maximum Gasteiger partial charge on any atom is 0.410 e.